The van der Waals surface area contributed by atoms with Crippen molar-refractivity contribution in [3.05, 3.63) is 29.6 Å². The summed E-state index contributed by atoms with van der Waals surface area (Å²) in [5, 5.41) is 3.46. The second-order valence-corrected chi connectivity index (χ2v) is 8.66. The quantitative estimate of drug-likeness (QED) is 0.894. The van der Waals surface area contributed by atoms with E-state index in [0.29, 0.717) is 11.3 Å². The average molecular weight is 346 g/mol. The van der Waals surface area contributed by atoms with Gasteiger partial charge in [-0.3, -0.25) is 0 Å². The molecule has 138 valence electrons. The summed E-state index contributed by atoms with van der Waals surface area (Å²) in [5.41, 5.74) is 1.82. The Morgan fingerprint density at radius 3 is 2.56 bits per heavy atom. The van der Waals surface area contributed by atoms with Crippen LogP contribution in [0.1, 0.15) is 57.4 Å². The fourth-order valence-corrected chi connectivity index (χ4v) is 5.07. The first-order valence-corrected chi connectivity index (χ1v) is 9.96. The van der Waals surface area contributed by atoms with Gasteiger partial charge in [0, 0.05) is 25.2 Å². The van der Waals surface area contributed by atoms with Gasteiger partial charge in [0.2, 0.25) is 0 Å². The number of hydrogen-bond donors (Lipinski definition) is 1. The predicted octanol–water partition coefficient (Wildman–Crippen LogP) is 3.93. The van der Waals surface area contributed by atoms with Crippen molar-refractivity contribution in [3.8, 4) is 5.75 Å². The van der Waals surface area contributed by atoms with E-state index in [1.54, 1.807) is 12.1 Å². The van der Waals surface area contributed by atoms with Crippen molar-refractivity contribution in [3.63, 3.8) is 0 Å². The number of benzene rings is 1. The summed E-state index contributed by atoms with van der Waals surface area (Å²) in [5.74, 6) is 1.03. The zero-order valence-corrected chi connectivity index (χ0v) is 15.6. The fraction of sp³-hybridized carbons (Fsp3) is 0.714. The lowest BCUT2D eigenvalue weighted by Gasteiger charge is -2.41. The first-order valence-electron chi connectivity index (χ1n) is 9.96. The molecule has 25 heavy (non-hydrogen) atoms. The molecule has 0 amide bonds. The van der Waals surface area contributed by atoms with Crippen molar-refractivity contribution in [2.45, 2.75) is 64.0 Å². The SMILES string of the molecule is CC(C)Oc1cc(F)ccc1C1CCN([C@@H]2CCC3(CNC3)C2)CC1. The topological polar surface area (TPSA) is 24.5 Å². The Morgan fingerprint density at radius 2 is 1.96 bits per heavy atom. The minimum Gasteiger partial charge on any atom is -0.491 e. The minimum absolute atomic E-state index is 0.0754. The summed E-state index contributed by atoms with van der Waals surface area (Å²) < 4.78 is 19.5. The van der Waals surface area contributed by atoms with Gasteiger partial charge in [-0.2, -0.15) is 0 Å². The van der Waals surface area contributed by atoms with E-state index >= 15 is 0 Å². The Hall–Kier alpha value is -1.13. The molecule has 0 unspecified atom stereocenters. The van der Waals surface area contributed by atoms with Crippen LogP contribution in [0.25, 0.3) is 0 Å². The van der Waals surface area contributed by atoms with E-state index in [1.165, 1.54) is 37.9 Å². The maximum Gasteiger partial charge on any atom is 0.126 e. The average Bonchev–Trinajstić information content (AvgIpc) is 3.01. The molecule has 3 fully saturated rings. The molecule has 2 aliphatic heterocycles. The molecule has 1 atom stereocenters. The fourth-order valence-electron chi connectivity index (χ4n) is 5.07. The second-order valence-electron chi connectivity index (χ2n) is 8.66. The second kappa shape index (κ2) is 6.88. The van der Waals surface area contributed by atoms with E-state index in [-0.39, 0.29) is 11.9 Å². The lowest BCUT2D eigenvalue weighted by molar-refractivity contribution is 0.119. The molecule has 4 rings (SSSR count). The highest BCUT2D eigenvalue weighted by Gasteiger charge is 2.45. The summed E-state index contributed by atoms with van der Waals surface area (Å²) >= 11 is 0. The van der Waals surface area contributed by atoms with Crippen LogP contribution in [0.3, 0.4) is 0 Å². The number of nitrogens with zero attached hydrogens (tertiary/aromatic N) is 1. The smallest absolute Gasteiger partial charge is 0.126 e. The molecule has 1 aromatic rings. The Kier molecular flexibility index (Phi) is 4.76. The largest absolute Gasteiger partial charge is 0.491 e. The zero-order chi connectivity index (χ0) is 17.4. The molecule has 0 bridgehead atoms. The highest BCUT2D eigenvalue weighted by Crippen LogP contribution is 2.44. The monoisotopic (exact) mass is 346 g/mol. The van der Waals surface area contributed by atoms with Crippen molar-refractivity contribution >= 4 is 0 Å². The number of piperidine rings is 1. The van der Waals surface area contributed by atoms with E-state index in [1.807, 2.05) is 19.9 Å². The van der Waals surface area contributed by atoms with Crippen LogP contribution >= 0.6 is 0 Å². The van der Waals surface area contributed by atoms with Gasteiger partial charge >= 0.3 is 0 Å². The summed E-state index contributed by atoms with van der Waals surface area (Å²) in [7, 11) is 0. The number of rotatable bonds is 4. The van der Waals surface area contributed by atoms with Gasteiger partial charge in [-0.05, 0) is 82.0 Å². The summed E-state index contributed by atoms with van der Waals surface area (Å²) in [6.45, 7) is 8.79. The molecule has 1 spiro atoms. The zero-order valence-electron chi connectivity index (χ0n) is 15.6. The number of halogens is 1. The molecule has 1 saturated carbocycles. The highest BCUT2D eigenvalue weighted by atomic mass is 19.1. The van der Waals surface area contributed by atoms with Crippen LogP contribution in [0.5, 0.6) is 5.75 Å². The molecule has 0 aromatic heterocycles. The van der Waals surface area contributed by atoms with Crippen LogP contribution in [0.15, 0.2) is 18.2 Å². The molecule has 3 nitrogen and oxygen atoms in total. The molecular weight excluding hydrogens is 315 g/mol. The molecule has 2 saturated heterocycles. The van der Waals surface area contributed by atoms with Gasteiger partial charge in [-0.15, -0.1) is 0 Å². The Labute approximate surface area is 150 Å². The molecule has 1 N–H and O–H groups in total. The maximum absolute atomic E-state index is 13.6. The van der Waals surface area contributed by atoms with Crippen LogP contribution in [0.2, 0.25) is 0 Å². The normalized spacial score (nSPS) is 27.0. The Morgan fingerprint density at radius 1 is 1.20 bits per heavy atom. The molecule has 0 radical (unpaired) electrons. The number of hydrogen-bond acceptors (Lipinski definition) is 3. The highest BCUT2D eigenvalue weighted by molar-refractivity contribution is 5.37. The Bertz CT molecular complexity index is 606. The molecular formula is C21H31FN2O. The third-order valence-electron chi connectivity index (χ3n) is 6.50. The lowest BCUT2D eigenvalue weighted by Crippen LogP contribution is -2.52. The third-order valence-corrected chi connectivity index (χ3v) is 6.50. The maximum atomic E-state index is 13.6. The minimum atomic E-state index is -0.206. The van der Waals surface area contributed by atoms with Crippen molar-refractivity contribution < 1.29 is 9.13 Å². The summed E-state index contributed by atoms with van der Waals surface area (Å²) in [4.78, 5) is 2.72. The third kappa shape index (κ3) is 3.56. The molecule has 1 aromatic carbocycles. The van der Waals surface area contributed by atoms with E-state index in [2.05, 4.69) is 10.2 Å². The van der Waals surface area contributed by atoms with Gasteiger partial charge in [-0.1, -0.05) is 6.07 Å². The molecule has 1 aliphatic carbocycles. The van der Waals surface area contributed by atoms with Gasteiger partial charge in [0.15, 0.2) is 0 Å². The van der Waals surface area contributed by atoms with Crippen molar-refractivity contribution in [1.82, 2.24) is 10.2 Å². The standard InChI is InChI=1S/C21H31FN2O/c1-15(2)25-20-11-17(22)3-4-19(20)16-6-9-24(10-7-16)18-5-8-21(12-18)13-23-14-21/h3-4,11,15-16,18,23H,5-10,12-14H2,1-2H3/t18-/m1/s1. The van der Waals surface area contributed by atoms with Crippen LogP contribution in [-0.2, 0) is 0 Å². The predicted molar refractivity (Wildman–Crippen MR) is 98.7 cm³/mol. The number of ether oxygens (including phenoxy) is 1. The van der Waals surface area contributed by atoms with Crippen LogP contribution in [0.4, 0.5) is 4.39 Å². The molecule has 3 aliphatic rings. The lowest BCUT2D eigenvalue weighted by atomic mass is 9.80. The summed E-state index contributed by atoms with van der Waals surface area (Å²) in [6, 6.07) is 5.87. The number of nitrogens with one attached hydrogen (secondary N) is 1. The van der Waals surface area contributed by atoms with Crippen LogP contribution in [-0.4, -0.2) is 43.2 Å². The van der Waals surface area contributed by atoms with Crippen molar-refractivity contribution in [2.75, 3.05) is 26.2 Å². The summed E-state index contributed by atoms with van der Waals surface area (Å²) in [6.07, 6.45) is 6.53. The molecule has 4 heteroatoms. The van der Waals surface area contributed by atoms with Crippen LogP contribution in [0, 0.1) is 11.2 Å². The number of likely N-dealkylation sites (tertiary alicyclic amines) is 1. The van der Waals surface area contributed by atoms with E-state index in [4.69, 9.17) is 4.74 Å². The van der Waals surface area contributed by atoms with Crippen molar-refractivity contribution in [2.24, 2.45) is 5.41 Å². The first-order chi connectivity index (χ1) is 12.0. The van der Waals surface area contributed by atoms with E-state index < -0.39 is 0 Å². The van der Waals surface area contributed by atoms with E-state index in [0.717, 1.165) is 37.7 Å². The van der Waals surface area contributed by atoms with Gasteiger partial charge in [0.05, 0.1) is 6.10 Å². The first kappa shape index (κ1) is 17.3. The van der Waals surface area contributed by atoms with Gasteiger partial charge in [0.1, 0.15) is 11.6 Å². The van der Waals surface area contributed by atoms with Crippen LogP contribution < -0.4 is 10.1 Å². The van der Waals surface area contributed by atoms with Crippen molar-refractivity contribution in [1.29, 1.82) is 0 Å². The van der Waals surface area contributed by atoms with Gasteiger partial charge in [-0.25, -0.2) is 4.39 Å². The van der Waals surface area contributed by atoms with Gasteiger partial charge < -0.3 is 15.0 Å². The van der Waals surface area contributed by atoms with E-state index in [9.17, 15) is 4.39 Å². The molecule has 2 heterocycles. The van der Waals surface area contributed by atoms with Gasteiger partial charge in [0.25, 0.3) is 0 Å². The Balaban J connectivity index is 1.39.